The Bertz CT molecular complexity index is 331. The van der Waals surface area contributed by atoms with Crippen LogP contribution in [0.4, 0.5) is 0 Å². The van der Waals surface area contributed by atoms with Crippen molar-refractivity contribution in [1.82, 2.24) is 5.32 Å². The number of aryl methyl sites for hydroxylation is 1. The lowest BCUT2D eigenvalue weighted by molar-refractivity contribution is 0.258. The average Bonchev–Trinajstić information content (AvgIpc) is 2.30. The van der Waals surface area contributed by atoms with Gasteiger partial charge in [0.15, 0.2) is 0 Å². The zero-order valence-electron chi connectivity index (χ0n) is 11.4. The molecule has 1 aromatic carbocycles. The maximum absolute atomic E-state index is 3.76. The van der Waals surface area contributed by atoms with Gasteiger partial charge in [0, 0.05) is 12.1 Å². The zero-order chi connectivity index (χ0) is 12.3. The normalized spacial score (nSPS) is 23.8. The van der Waals surface area contributed by atoms with Gasteiger partial charge in [0.25, 0.3) is 0 Å². The molecule has 0 atom stereocenters. The monoisotopic (exact) mass is 231 g/mol. The highest BCUT2D eigenvalue weighted by Crippen LogP contribution is 2.37. The number of rotatable bonds is 5. The van der Waals surface area contributed by atoms with E-state index in [2.05, 4.69) is 50.4 Å². The van der Waals surface area contributed by atoms with E-state index in [1.165, 1.54) is 36.8 Å². The first-order valence-electron chi connectivity index (χ1n) is 7.05. The largest absolute Gasteiger partial charge is 0.311 e. The predicted octanol–water partition coefficient (Wildman–Crippen LogP) is 4.02. The maximum atomic E-state index is 3.76. The summed E-state index contributed by atoms with van der Waals surface area (Å²) in [5, 5.41) is 3.76. The quantitative estimate of drug-likeness (QED) is 0.807. The molecule has 1 nitrogen and oxygen atoms in total. The van der Waals surface area contributed by atoms with Crippen molar-refractivity contribution in [1.29, 1.82) is 0 Å². The Morgan fingerprint density at radius 2 is 1.71 bits per heavy atom. The van der Waals surface area contributed by atoms with Crippen molar-refractivity contribution >= 4 is 0 Å². The molecule has 0 aliphatic heterocycles. The maximum Gasteiger partial charge on any atom is 0.00813 e. The van der Waals surface area contributed by atoms with E-state index in [1.54, 1.807) is 0 Å². The minimum atomic E-state index is 0.721. The van der Waals surface area contributed by atoms with Crippen molar-refractivity contribution in [2.75, 3.05) is 0 Å². The summed E-state index contributed by atoms with van der Waals surface area (Å²) in [5.41, 5.74) is 2.89. The van der Waals surface area contributed by atoms with Gasteiger partial charge in [-0.3, -0.25) is 0 Å². The minimum absolute atomic E-state index is 0.721. The van der Waals surface area contributed by atoms with Gasteiger partial charge >= 0.3 is 0 Å². The van der Waals surface area contributed by atoms with Gasteiger partial charge in [-0.25, -0.2) is 0 Å². The lowest BCUT2D eigenvalue weighted by atomic mass is 9.75. The van der Waals surface area contributed by atoms with Crippen molar-refractivity contribution in [3.05, 3.63) is 35.4 Å². The molecule has 1 aliphatic carbocycles. The molecule has 0 amide bonds. The number of nitrogens with one attached hydrogen (secondary N) is 1. The van der Waals surface area contributed by atoms with Crippen molar-refractivity contribution in [2.45, 2.75) is 64.5 Å². The van der Waals surface area contributed by atoms with E-state index in [-0.39, 0.29) is 0 Å². The van der Waals surface area contributed by atoms with E-state index in [0.717, 1.165) is 18.0 Å². The Morgan fingerprint density at radius 1 is 1.12 bits per heavy atom. The molecule has 1 saturated carbocycles. The second kappa shape index (κ2) is 5.68. The Hall–Kier alpha value is -0.820. The van der Waals surface area contributed by atoms with Gasteiger partial charge in [-0.1, -0.05) is 43.7 Å². The lowest BCUT2D eigenvalue weighted by Gasteiger charge is -2.38. The molecule has 0 unspecified atom stereocenters. The molecule has 0 radical (unpaired) electrons. The van der Waals surface area contributed by atoms with Crippen LogP contribution in [0.2, 0.25) is 0 Å². The molecule has 1 heteroatoms. The molecule has 1 aliphatic rings. The van der Waals surface area contributed by atoms with Gasteiger partial charge in [-0.2, -0.15) is 0 Å². The fourth-order valence-electron chi connectivity index (χ4n) is 2.72. The van der Waals surface area contributed by atoms with E-state index in [0.29, 0.717) is 0 Å². The molecule has 0 heterocycles. The third-order valence-electron chi connectivity index (χ3n) is 4.14. The molecule has 0 bridgehead atoms. The summed E-state index contributed by atoms with van der Waals surface area (Å²) in [6, 6.07) is 10.5. The molecule has 1 N–H and O–H groups in total. The minimum Gasteiger partial charge on any atom is -0.311 e. The third kappa shape index (κ3) is 3.10. The van der Waals surface area contributed by atoms with E-state index in [9.17, 15) is 0 Å². The van der Waals surface area contributed by atoms with Gasteiger partial charge in [-0.15, -0.1) is 0 Å². The van der Waals surface area contributed by atoms with Crippen LogP contribution in [0, 0.1) is 6.92 Å². The van der Waals surface area contributed by atoms with Crippen LogP contribution in [0.1, 0.15) is 56.6 Å². The molecule has 1 fully saturated rings. The van der Waals surface area contributed by atoms with Gasteiger partial charge in [0.1, 0.15) is 0 Å². The molecule has 17 heavy (non-hydrogen) atoms. The summed E-state index contributed by atoms with van der Waals surface area (Å²) < 4.78 is 0. The molecule has 0 aromatic heterocycles. The zero-order valence-corrected chi connectivity index (χ0v) is 11.4. The second-order valence-corrected chi connectivity index (χ2v) is 5.46. The summed E-state index contributed by atoms with van der Waals surface area (Å²) in [6.07, 6.45) is 5.14. The second-order valence-electron chi connectivity index (χ2n) is 5.46. The van der Waals surface area contributed by atoms with Crippen LogP contribution in [-0.4, -0.2) is 12.1 Å². The van der Waals surface area contributed by atoms with Crippen molar-refractivity contribution in [3.63, 3.8) is 0 Å². The number of hydrogen-bond acceptors (Lipinski definition) is 1. The van der Waals surface area contributed by atoms with Crippen LogP contribution in [0.25, 0.3) is 0 Å². The van der Waals surface area contributed by atoms with Gasteiger partial charge < -0.3 is 5.32 Å². The molecule has 1 aromatic rings. The number of benzene rings is 1. The van der Waals surface area contributed by atoms with E-state index in [1.807, 2.05) is 0 Å². The topological polar surface area (TPSA) is 12.0 Å². The van der Waals surface area contributed by atoms with E-state index >= 15 is 0 Å². The fraction of sp³-hybridized carbons (Fsp3) is 0.625. The highest BCUT2D eigenvalue weighted by atomic mass is 15.0. The van der Waals surface area contributed by atoms with Crippen LogP contribution in [0.15, 0.2) is 24.3 Å². The Labute approximate surface area is 106 Å². The van der Waals surface area contributed by atoms with Crippen molar-refractivity contribution < 1.29 is 0 Å². The number of hydrogen-bond donors (Lipinski definition) is 1. The Kier molecular flexibility index (Phi) is 4.22. The van der Waals surface area contributed by atoms with Crippen LogP contribution in [0.5, 0.6) is 0 Å². The highest BCUT2D eigenvalue weighted by molar-refractivity contribution is 5.26. The predicted molar refractivity (Wildman–Crippen MR) is 74.4 cm³/mol. The molecular weight excluding hydrogens is 206 g/mol. The van der Waals surface area contributed by atoms with E-state index in [4.69, 9.17) is 0 Å². The Balaban J connectivity index is 1.80. The molecule has 2 rings (SSSR count). The molecular formula is C16H25N. The summed E-state index contributed by atoms with van der Waals surface area (Å²) in [6.45, 7) is 6.70. The van der Waals surface area contributed by atoms with Gasteiger partial charge in [0.2, 0.25) is 0 Å². The molecule has 0 saturated heterocycles. The van der Waals surface area contributed by atoms with Gasteiger partial charge in [-0.05, 0) is 44.1 Å². The molecule has 0 spiro atoms. The van der Waals surface area contributed by atoms with Gasteiger partial charge in [0.05, 0.1) is 0 Å². The van der Waals surface area contributed by atoms with Crippen LogP contribution < -0.4 is 5.32 Å². The summed E-state index contributed by atoms with van der Waals surface area (Å²) in [5.74, 6) is 0.794. The summed E-state index contributed by atoms with van der Waals surface area (Å²) in [7, 11) is 0. The molecule has 94 valence electrons. The smallest absolute Gasteiger partial charge is 0.00813 e. The third-order valence-corrected chi connectivity index (χ3v) is 4.14. The lowest BCUT2D eigenvalue weighted by Crippen LogP contribution is -2.45. The van der Waals surface area contributed by atoms with Crippen LogP contribution in [-0.2, 0) is 0 Å². The standard InChI is InChI=1S/C16H25N/c1-4-15(5-2)17-16-10-14(11-16)13-8-6-12(3)7-9-13/h6-9,14-17H,4-5,10-11H2,1-3H3. The first kappa shape index (κ1) is 12.6. The van der Waals surface area contributed by atoms with Crippen LogP contribution in [0.3, 0.4) is 0 Å². The fourth-order valence-corrected chi connectivity index (χ4v) is 2.72. The first-order chi connectivity index (χ1) is 8.22. The van der Waals surface area contributed by atoms with Crippen molar-refractivity contribution in [2.24, 2.45) is 0 Å². The average molecular weight is 231 g/mol. The van der Waals surface area contributed by atoms with E-state index < -0.39 is 0 Å². The summed E-state index contributed by atoms with van der Waals surface area (Å²) in [4.78, 5) is 0. The van der Waals surface area contributed by atoms with Crippen LogP contribution >= 0.6 is 0 Å². The SMILES string of the molecule is CCC(CC)NC1CC(c2ccc(C)cc2)C1. The Morgan fingerprint density at radius 3 is 2.24 bits per heavy atom. The van der Waals surface area contributed by atoms with Crippen molar-refractivity contribution in [3.8, 4) is 0 Å². The highest BCUT2D eigenvalue weighted by Gasteiger charge is 2.30. The summed E-state index contributed by atoms with van der Waals surface area (Å²) >= 11 is 0. The first-order valence-corrected chi connectivity index (χ1v) is 7.05.